The molecule has 6 heteroatoms. The second-order valence-electron chi connectivity index (χ2n) is 3.85. The molecule has 5 nitrogen and oxygen atoms in total. The van der Waals surface area contributed by atoms with E-state index >= 15 is 0 Å². The van der Waals surface area contributed by atoms with Gasteiger partial charge in [0.05, 0.1) is 5.69 Å². The molecule has 0 atom stereocenters. The summed E-state index contributed by atoms with van der Waals surface area (Å²) in [7, 11) is 0. The van der Waals surface area contributed by atoms with Crippen LogP contribution in [-0.2, 0) is 6.42 Å². The first-order valence-electron chi connectivity index (χ1n) is 5.35. The molecule has 0 aliphatic rings. The number of aryl methyl sites for hydroxylation is 3. The van der Waals surface area contributed by atoms with Crippen molar-refractivity contribution in [2.45, 2.75) is 27.2 Å². The van der Waals surface area contributed by atoms with Crippen LogP contribution < -0.4 is 5.56 Å². The Balaban J connectivity index is 2.64. The van der Waals surface area contributed by atoms with E-state index in [1.807, 2.05) is 26.8 Å². The molecular weight excluding hydrogens is 284 g/mol. The van der Waals surface area contributed by atoms with Crippen LogP contribution in [0.5, 0.6) is 0 Å². The minimum Gasteiger partial charge on any atom is -0.291 e. The summed E-state index contributed by atoms with van der Waals surface area (Å²) in [6.45, 7) is 5.73. The molecule has 0 amide bonds. The number of hydrogen-bond acceptors (Lipinski definition) is 3. The van der Waals surface area contributed by atoms with Gasteiger partial charge in [0.2, 0.25) is 0 Å². The van der Waals surface area contributed by atoms with Crippen molar-refractivity contribution in [2.24, 2.45) is 0 Å². The first-order chi connectivity index (χ1) is 8.02. The summed E-state index contributed by atoms with van der Waals surface area (Å²) in [5, 5.41) is 3.00. The quantitative estimate of drug-likeness (QED) is 0.920. The molecule has 0 saturated carbocycles. The second kappa shape index (κ2) is 4.44. The second-order valence-corrected chi connectivity index (χ2v) is 4.64. The van der Waals surface area contributed by atoms with Crippen molar-refractivity contribution in [3.63, 3.8) is 0 Å². The van der Waals surface area contributed by atoms with Gasteiger partial charge in [-0.25, -0.2) is 9.97 Å². The van der Waals surface area contributed by atoms with Gasteiger partial charge in [0.1, 0.15) is 4.47 Å². The van der Waals surface area contributed by atoms with Crippen molar-refractivity contribution in [3.8, 4) is 5.95 Å². The number of rotatable bonds is 2. The molecule has 0 fully saturated rings. The largest absolute Gasteiger partial charge is 0.291 e. The fourth-order valence-corrected chi connectivity index (χ4v) is 2.19. The Morgan fingerprint density at radius 1 is 1.35 bits per heavy atom. The van der Waals surface area contributed by atoms with Crippen LogP contribution in [-0.4, -0.2) is 19.7 Å². The molecule has 1 N–H and O–H groups in total. The van der Waals surface area contributed by atoms with E-state index < -0.39 is 0 Å². The van der Waals surface area contributed by atoms with E-state index in [-0.39, 0.29) is 5.56 Å². The maximum absolute atomic E-state index is 12.0. The van der Waals surface area contributed by atoms with E-state index in [2.05, 4.69) is 31.0 Å². The van der Waals surface area contributed by atoms with Crippen LogP contribution >= 0.6 is 15.9 Å². The lowest BCUT2D eigenvalue weighted by atomic mass is 10.3. The summed E-state index contributed by atoms with van der Waals surface area (Å²) >= 11 is 3.28. The van der Waals surface area contributed by atoms with Gasteiger partial charge in [-0.15, -0.1) is 0 Å². The molecule has 2 heterocycles. The van der Waals surface area contributed by atoms with Gasteiger partial charge >= 0.3 is 0 Å². The van der Waals surface area contributed by atoms with Crippen molar-refractivity contribution in [1.82, 2.24) is 19.7 Å². The lowest BCUT2D eigenvalue weighted by Gasteiger charge is -2.02. The van der Waals surface area contributed by atoms with Gasteiger partial charge in [-0.3, -0.25) is 9.89 Å². The lowest BCUT2D eigenvalue weighted by molar-refractivity contribution is 0.754. The van der Waals surface area contributed by atoms with Crippen LogP contribution in [0.2, 0.25) is 0 Å². The van der Waals surface area contributed by atoms with Crippen molar-refractivity contribution in [3.05, 3.63) is 38.0 Å². The Kier molecular flexibility index (Phi) is 3.15. The van der Waals surface area contributed by atoms with Gasteiger partial charge in [0.15, 0.2) is 0 Å². The molecule has 0 aromatic carbocycles. The molecule has 0 saturated heterocycles. The summed E-state index contributed by atoms with van der Waals surface area (Å²) in [5.74, 6) is 0.382. The van der Waals surface area contributed by atoms with E-state index in [1.165, 1.54) is 4.68 Å². The van der Waals surface area contributed by atoms with E-state index in [1.54, 1.807) is 0 Å². The van der Waals surface area contributed by atoms with Crippen LogP contribution in [0.3, 0.4) is 0 Å². The molecule has 0 aliphatic heterocycles. The molecular formula is C11H13BrN4O. The zero-order chi connectivity index (χ0) is 12.6. The highest BCUT2D eigenvalue weighted by molar-refractivity contribution is 9.10. The Hall–Kier alpha value is -1.43. The van der Waals surface area contributed by atoms with Crippen molar-refractivity contribution in [1.29, 1.82) is 0 Å². The number of aromatic nitrogens is 4. The van der Waals surface area contributed by atoms with Gasteiger partial charge in [0, 0.05) is 11.4 Å². The van der Waals surface area contributed by atoms with Crippen LogP contribution in [0.4, 0.5) is 0 Å². The smallest absolute Gasteiger partial charge is 0.288 e. The number of aromatic amines is 1. The molecule has 2 aromatic rings. The van der Waals surface area contributed by atoms with E-state index in [4.69, 9.17) is 0 Å². The average molecular weight is 297 g/mol. The van der Waals surface area contributed by atoms with E-state index in [0.717, 1.165) is 23.5 Å². The zero-order valence-corrected chi connectivity index (χ0v) is 11.5. The molecule has 0 unspecified atom stereocenters. The summed E-state index contributed by atoms with van der Waals surface area (Å²) in [6.07, 6.45) is 0.744. The Bertz CT molecular complexity index is 594. The van der Waals surface area contributed by atoms with Crippen molar-refractivity contribution >= 4 is 15.9 Å². The highest BCUT2D eigenvalue weighted by atomic mass is 79.9. The highest BCUT2D eigenvalue weighted by Crippen LogP contribution is 2.12. The number of nitrogens with zero attached hydrogens (tertiary/aromatic N) is 3. The fourth-order valence-electron chi connectivity index (χ4n) is 1.64. The van der Waals surface area contributed by atoms with Crippen LogP contribution in [0.15, 0.2) is 15.3 Å². The fraction of sp³-hybridized carbons (Fsp3) is 0.364. The average Bonchev–Trinajstić information content (AvgIpc) is 2.54. The maximum Gasteiger partial charge on any atom is 0.288 e. The van der Waals surface area contributed by atoms with Gasteiger partial charge in [-0.05, 0) is 42.3 Å². The van der Waals surface area contributed by atoms with E-state index in [0.29, 0.717) is 10.4 Å². The Morgan fingerprint density at radius 3 is 2.41 bits per heavy atom. The SMILES string of the molecule is CCc1[nH]n(-c2nc(C)cc(C)n2)c(=O)c1Br. The molecule has 0 aliphatic carbocycles. The van der Waals surface area contributed by atoms with Crippen LogP contribution in [0.1, 0.15) is 24.0 Å². The topological polar surface area (TPSA) is 63.6 Å². The van der Waals surface area contributed by atoms with Gasteiger partial charge in [0.25, 0.3) is 11.5 Å². The number of H-pyrrole nitrogens is 1. The highest BCUT2D eigenvalue weighted by Gasteiger charge is 2.13. The first-order valence-corrected chi connectivity index (χ1v) is 6.14. The van der Waals surface area contributed by atoms with E-state index in [9.17, 15) is 4.79 Å². The minimum atomic E-state index is -0.160. The van der Waals surface area contributed by atoms with Gasteiger partial charge in [-0.2, -0.15) is 4.68 Å². The minimum absolute atomic E-state index is 0.160. The Labute approximate surface area is 107 Å². The summed E-state index contributed by atoms with van der Waals surface area (Å²) in [4.78, 5) is 20.5. The molecule has 0 spiro atoms. The number of halogens is 1. The summed E-state index contributed by atoms with van der Waals surface area (Å²) in [5.41, 5.74) is 2.36. The van der Waals surface area contributed by atoms with Gasteiger partial charge < -0.3 is 0 Å². The predicted octanol–water partition coefficient (Wildman–Crippen LogP) is 1.90. The third kappa shape index (κ3) is 2.17. The third-order valence-electron chi connectivity index (χ3n) is 2.43. The number of hydrogen-bond donors (Lipinski definition) is 1. The predicted molar refractivity (Wildman–Crippen MR) is 68.5 cm³/mol. The summed E-state index contributed by atoms with van der Waals surface area (Å²) in [6, 6.07) is 1.87. The summed E-state index contributed by atoms with van der Waals surface area (Å²) < 4.78 is 1.91. The molecule has 17 heavy (non-hydrogen) atoms. The van der Waals surface area contributed by atoms with Crippen molar-refractivity contribution < 1.29 is 0 Å². The lowest BCUT2D eigenvalue weighted by Crippen LogP contribution is -2.18. The molecule has 2 rings (SSSR count). The van der Waals surface area contributed by atoms with Crippen LogP contribution in [0, 0.1) is 13.8 Å². The monoisotopic (exact) mass is 296 g/mol. The van der Waals surface area contributed by atoms with Gasteiger partial charge in [-0.1, -0.05) is 6.92 Å². The first kappa shape index (κ1) is 12.0. The standard InChI is InChI=1S/C11H13BrN4O/c1-4-8-9(12)10(17)16(15-8)11-13-6(2)5-7(3)14-11/h5,15H,4H2,1-3H3. The Morgan fingerprint density at radius 2 is 1.94 bits per heavy atom. The van der Waals surface area contributed by atoms with Crippen molar-refractivity contribution in [2.75, 3.05) is 0 Å². The third-order valence-corrected chi connectivity index (χ3v) is 3.24. The maximum atomic E-state index is 12.0. The molecule has 0 radical (unpaired) electrons. The molecule has 2 aromatic heterocycles. The molecule has 0 bridgehead atoms. The molecule has 90 valence electrons. The zero-order valence-electron chi connectivity index (χ0n) is 9.91. The normalized spacial score (nSPS) is 10.8. The number of nitrogens with one attached hydrogen (secondary N) is 1. The van der Waals surface area contributed by atoms with Crippen LogP contribution in [0.25, 0.3) is 5.95 Å².